The second kappa shape index (κ2) is 47.9. The third kappa shape index (κ3) is 24.4. The smallest absolute Gasteiger partial charge is 0.0536 e. The van der Waals surface area contributed by atoms with E-state index < -0.39 is 0 Å². The standard InChI is InChI=1S/C108H128S15/c1-9-17-25-33-41-73-51-88(110-65-73)82-59-93(119-103(82)95-55-77(69-114-95)45-37-29-21-13-5)86-61-92(118-107(86)100-62-84(90-53-75(67-112-90)43-35-27-19-11-3)105(122-100)97-57-79(71-116-97)47-39-31-23-15-7)81-49-50-109-102(81)99-64-87(94-60-83(89-52-74(66-111-89)42-34-26-18-10-2)104(120-94)96-56-78(70-115-96)46-38-30-22-14-6)108(121-99)101-63-85(91-54-76(68-113-91)44-36-28-20-12-4)106(123-101)98-58-80(72-117-98)48-40-32-24-16-8/h49-72H,9-48H2,1-8H3. The van der Waals surface area contributed by atoms with Gasteiger partial charge in [0.05, 0.1) is 34.1 Å². The molecule has 0 nitrogen and oxygen atoms in total. The molecule has 0 aromatic carbocycles. The van der Waals surface area contributed by atoms with Crippen molar-refractivity contribution < 1.29 is 0 Å². The highest BCUT2D eigenvalue weighted by atomic mass is 32.2. The third-order valence-corrected chi connectivity index (χ3v) is 41.3. The molecule has 15 heteroatoms. The minimum Gasteiger partial charge on any atom is -0.143 e. The first-order valence-corrected chi connectivity index (χ1v) is 60.0. The molecule has 0 aliphatic carbocycles. The average molecular weight is 1910 g/mol. The average Bonchev–Trinajstić information content (AvgIpc) is 1.59. The zero-order chi connectivity index (χ0) is 84.6. The van der Waals surface area contributed by atoms with Crippen LogP contribution < -0.4 is 0 Å². The SMILES string of the molecule is CCCCCCc1csc(-c2cc(-c3cc(-c4ccsc4-c4cc(-c5cc(-c6cc(CCCCCC)cs6)c(-c6cc(CCCCCC)cs6)s5)c(-c5cc(-c6cc(CCCCCC)cs6)c(-c6cc(CCCCCC)cs6)s5)s4)sc3-c3cc(-c4cc(CCCCCC)cs4)c(-c4cc(CCCCCC)cs4)s3)sc2-c2cc(CCCCCC)cs2)c1. The van der Waals surface area contributed by atoms with E-state index in [9.17, 15) is 0 Å². The van der Waals surface area contributed by atoms with Crippen molar-refractivity contribution in [2.45, 2.75) is 312 Å². The fourth-order valence-corrected chi connectivity index (χ4v) is 34.2. The highest BCUT2D eigenvalue weighted by Gasteiger charge is 2.30. The van der Waals surface area contributed by atoms with Crippen molar-refractivity contribution in [1.82, 2.24) is 0 Å². The molecule has 15 rings (SSSR count). The van der Waals surface area contributed by atoms with Crippen LogP contribution in [-0.2, 0) is 51.4 Å². The van der Waals surface area contributed by atoms with Crippen LogP contribution in [0.4, 0.5) is 0 Å². The van der Waals surface area contributed by atoms with Crippen molar-refractivity contribution in [2.75, 3.05) is 0 Å². The van der Waals surface area contributed by atoms with Gasteiger partial charge in [-0.25, -0.2) is 0 Å². The van der Waals surface area contributed by atoms with Crippen LogP contribution in [-0.4, -0.2) is 0 Å². The van der Waals surface area contributed by atoms with Gasteiger partial charge < -0.3 is 0 Å². The number of aryl methyl sites for hydroxylation is 8. The number of rotatable bonds is 54. The van der Waals surface area contributed by atoms with Gasteiger partial charge in [-0.3, -0.25) is 0 Å². The van der Waals surface area contributed by atoms with Crippen molar-refractivity contribution in [3.05, 3.63) is 184 Å². The molecule has 0 saturated carbocycles. The minimum absolute atomic E-state index is 1.15. The maximum absolute atomic E-state index is 2.68. The van der Waals surface area contributed by atoms with E-state index in [4.69, 9.17) is 0 Å². The van der Waals surface area contributed by atoms with E-state index in [0.717, 1.165) is 51.4 Å². The predicted octanol–water partition coefficient (Wildman–Crippen LogP) is 42.9. The van der Waals surface area contributed by atoms with Crippen LogP contribution in [0.1, 0.15) is 305 Å². The molecule has 0 aliphatic rings. The van der Waals surface area contributed by atoms with Crippen LogP contribution in [0.3, 0.4) is 0 Å². The molecule has 0 N–H and O–H groups in total. The highest BCUT2D eigenvalue weighted by Crippen LogP contribution is 2.60. The molecule has 15 aromatic rings. The van der Waals surface area contributed by atoms with Gasteiger partial charge in [-0.1, -0.05) is 209 Å². The molecular formula is C108H128S15. The molecule has 15 heterocycles. The lowest BCUT2D eigenvalue weighted by Gasteiger charge is -2.00. The maximum atomic E-state index is 2.68. The molecule has 0 atom stereocenters. The van der Waals surface area contributed by atoms with E-state index in [-0.39, 0.29) is 0 Å². The molecule has 0 spiro atoms. The lowest BCUT2D eigenvalue weighted by atomic mass is 10.0. The Labute approximate surface area is 798 Å². The van der Waals surface area contributed by atoms with Crippen molar-refractivity contribution in [1.29, 1.82) is 0 Å². The molecule has 0 amide bonds. The summed E-state index contributed by atoms with van der Waals surface area (Å²) in [6.45, 7) is 18.7. The fourth-order valence-electron chi connectivity index (χ4n) is 17.1. The van der Waals surface area contributed by atoms with E-state index >= 15 is 0 Å². The molecule has 0 fully saturated rings. The number of hydrogen-bond donors (Lipinski definition) is 0. The Hall–Kier alpha value is -4.50. The minimum atomic E-state index is 1.15. The van der Waals surface area contributed by atoms with Crippen LogP contribution in [0.25, 0.3) is 141 Å². The number of unbranched alkanes of at least 4 members (excludes halogenated alkanes) is 24. The Balaban J connectivity index is 0.916. The van der Waals surface area contributed by atoms with Gasteiger partial charge in [-0.2, -0.15) is 0 Å². The molecule has 0 radical (unpaired) electrons. The van der Waals surface area contributed by atoms with Crippen LogP contribution in [0.15, 0.2) is 139 Å². The first-order valence-electron chi connectivity index (χ1n) is 47.2. The fraction of sp³-hybridized carbons (Fsp3) is 0.444. The van der Waals surface area contributed by atoms with Crippen LogP contribution in [0.2, 0.25) is 0 Å². The van der Waals surface area contributed by atoms with Gasteiger partial charge in [0.15, 0.2) is 0 Å². The summed E-state index contributed by atoms with van der Waals surface area (Å²) in [7, 11) is 0. The maximum Gasteiger partial charge on any atom is 0.0536 e. The Morgan fingerprint density at radius 3 is 0.569 bits per heavy atom. The summed E-state index contributed by atoms with van der Waals surface area (Å²) >= 11 is 30.1. The van der Waals surface area contributed by atoms with Crippen molar-refractivity contribution in [3.8, 4) is 141 Å². The van der Waals surface area contributed by atoms with E-state index in [2.05, 4.69) is 263 Å². The zero-order valence-corrected chi connectivity index (χ0v) is 86.5. The summed E-state index contributed by atoms with van der Waals surface area (Å²) < 4.78 is 0. The van der Waals surface area contributed by atoms with Gasteiger partial charge in [0.1, 0.15) is 0 Å². The summed E-state index contributed by atoms with van der Waals surface area (Å²) in [6, 6.07) is 39.1. The third-order valence-electron chi connectivity index (χ3n) is 24.3. The van der Waals surface area contributed by atoms with Gasteiger partial charge >= 0.3 is 0 Å². The summed E-state index contributed by atoms with van der Waals surface area (Å²) in [5, 5.41) is 22.3. The monoisotopic (exact) mass is 1900 g/mol. The predicted molar refractivity (Wildman–Crippen MR) is 573 cm³/mol. The van der Waals surface area contributed by atoms with Crippen LogP contribution >= 0.6 is 170 Å². The van der Waals surface area contributed by atoms with E-state index in [1.165, 1.54) is 391 Å². The Morgan fingerprint density at radius 1 is 0.154 bits per heavy atom. The van der Waals surface area contributed by atoms with Gasteiger partial charge in [0, 0.05) is 107 Å². The van der Waals surface area contributed by atoms with E-state index in [1.54, 1.807) is 0 Å². The molecule has 15 aromatic heterocycles. The number of hydrogen-bond acceptors (Lipinski definition) is 15. The quantitative estimate of drug-likeness (QED) is 0.0333. The topological polar surface area (TPSA) is 0 Å². The van der Waals surface area contributed by atoms with Crippen molar-refractivity contribution in [2.24, 2.45) is 0 Å². The lowest BCUT2D eigenvalue weighted by molar-refractivity contribution is 0.667. The van der Waals surface area contributed by atoms with Crippen molar-refractivity contribution >= 4 is 170 Å². The van der Waals surface area contributed by atoms with Gasteiger partial charge in [-0.15, -0.1) is 170 Å². The molecule has 0 aliphatic heterocycles. The molecular weight excluding hydrogens is 1780 g/mol. The summed E-state index contributed by atoms with van der Waals surface area (Å²) in [5.74, 6) is 0. The Morgan fingerprint density at radius 2 is 0.333 bits per heavy atom. The summed E-state index contributed by atoms with van der Waals surface area (Å²) in [5.41, 5.74) is 21.7. The Kier molecular flexibility index (Phi) is 36.3. The lowest BCUT2D eigenvalue weighted by Crippen LogP contribution is -1.82. The molecule has 123 heavy (non-hydrogen) atoms. The highest BCUT2D eigenvalue weighted by molar-refractivity contribution is 7.32. The van der Waals surface area contributed by atoms with E-state index in [1.807, 2.05) is 102 Å². The largest absolute Gasteiger partial charge is 0.143 e. The second-order valence-corrected chi connectivity index (χ2v) is 48.8. The molecule has 0 unspecified atom stereocenters. The number of thiophene rings is 15. The summed E-state index contributed by atoms with van der Waals surface area (Å²) in [6.07, 6.45) is 50.2. The first kappa shape index (κ1) is 93.2. The first-order chi connectivity index (χ1) is 60.6. The van der Waals surface area contributed by atoms with Crippen molar-refractivity contribution in [3.63, 3.8) is 0 Å². The molecule has 0 saturated heterocycles. The van der Waals surface area contributed by atoms with Crippen LogP contribution in [0, 0.1) is 0 Å². The normalized spacial score (nSPS) is 11.9. The molecule has 0 bridgehead atoms. The van der Waals surface area contributed by atoms with Gasteiger partial charge in [-0.05, 0) is 287 Å². The Bertz CT molecular complexity index is 4730. The molecule has 650 valence electrons. The van der Waals surface area contributed by atoms with E-state index in [0.29, 0.717) is 0 Å². The zero-order valence-electron chi connectivity index (χ0n) is 74.3. The van der Waals surface area contributed by atoms with Crippen LogP contribution in [0.5, 0.6) is 0 Å². The summed E-state index contributed by atoms with van der Waals surface area (Å²) in [4.78, 5) is 29.4. The van der Waals surface area contributed by atoms with Gasteiger partial charge in [0.25, 0.3) is 0 Å². The second-order valence-electron chi connectivity index (χ2n) is 34.3. The van der Waals surface area contributed by atoms with Gasteiger partial charge in [0.2, 0.25) is 0 Å².